The third kappa shape index (κ3) is 8.11. The van der Waals surface area contributed by atoms with Gasteiger partial charge in [-0.15, -0.1) is 25.5 Å². The van der Waals surface area contributed by atoms with Gasteiger partial charge in [-0.05, 0) is 131 Å². The Kier molecular flexibility index (Phi) is 12.5. The van der Waals surface area contributed by atoms with Gasteiger partial charge in [0, 0.05) is 49.0 Å². The molecule has 2 aromatic carbocycles. The number of hydrogen-bond donors (Lipinski definition) is 0. The summed E-state index contributed by atoms with van der Waals surface area (Å²) in [4.78, 5) is 23.6. The number of anilines is 2. The lowest BCUT2D eigenvalue weighted by Crippen LogP contribution is -2.40. The van der Waals surface area contributed by atoms with E-state index >= 15 is 0 Å². The fourth-order valence-electron chi connectivity index (χ4n) is 8.86. The Labute approximate surface area is 341 Å². The first kappa shape index (κ1) is 40.6. The van der Waals surface area contributed by atoms with E-state index in [2.05, 4.69) is 98.8 Å². The number of rotatable bonds is 11. The molecule has 0 amide bonds. The molecule has 0 bridgehead atoms. The predicted octanol–water partition coefficient (Wildman–Crippen LogP) is 11.5. The molecular formula is C43H57N11O2S. The van der Waals surface area contributed by atoms with E-state index in [0.717, 1.165) is 61.5 Å². The first-order valence-electron chi connectivity index (χ1n) is 20.8. The van der Waals surface area contributed by atoms with Crippen LogP contribution in [0.5, 0.6) is 0 Å². The van der Waals surface area contributed by atoms with Crippen LogP contribution in [0.1, 0.15) is 117 Å². The van der Waals surface area contributed by atoms with Crippen molar-refractivity contribution in [2.75, 3.05) is 36.0 Å². The highest BCUT2D eigenvalue weighted by atomic mass is 32.1. The van der Waals surface area contributed by atoms with Crippen LogP contribution in [-0.2, 0) is 47.6 Å². The predicted molar refractivity (Wildman–Crippen MR) is 227 cm³/mol. The number of aryl methyl sites for hydroxylation is 2. The Morgan fingerprint density at radius 3 is 2.33 bits per heavy atom. The number of aromatic nitrogens is 4. The molecule has 0 spiro atoms. The Morgan fingerprint density at radius 2 is 1.60 bits per heavy atom. The molecule has 2 aromatic heterocycles. The van der Waals surface area contributed by atoms with Crippen molar-refractivity contribution in [3.63, 3.8) is 0 Å². The van der Waals surface area contributed by atoms with Crippen LogP contribution >= 0.6 is 11.3 Å². The van der Waals surface area contributed by atoms with Crippen LogP contribution in [0.4, 0.5) is 39.6 Å². The van der Waals surface area contributed by atoms with Gasteiger partial charge in [0.1, 0.15) is 11.6 Å². The maximum absolute atomic E-state index is 7.58. The molecule has 1 atom stereocenters. The summed E-state index contributed by atoms with van der Waals surface area (Å²) in [6, 6.07) is 4.91. The summed E-state index contributed by atoms with van der Waals surface area (Å²) in [6.07, 6.45) is 10.3. The Morgan fingerprint density at radius 1 is 0.877 bits per heavy atom. The van der Waals surface area contributed by atoms with E-state index in [1.54, 1.807) is 0 Å². The molecule has 57 heavy (non-hydrogen) atoms. The van der Waals surface area contributed by atoms with E-state index in [-0.39, 0.29) is 17.8 Å². The highest BCUT2D eigenvalue weighted by molar-refractivity contribution is 7.14. The molecule has 4 aliphatic heterocycles. The highest BCUT2D eigenvalue weighted by Crippen LogP contribution is 2.52. The van der Waals surface area contributed by atoms with E-state index in [1.165, 1.54) is 88.4 Å². The maximum atomic E-state index is 7.58. The van der Waals surface area contributed by atoms with Crippen LogP contribution in [0, 0.1) is 27.3 Å². The first-order valence-corrected chi connectivity index (χ1v) is 21.6. The lowest BCUT2D eigenvalue weighted by atomic mass is 9.80. The van der Waals surface area contributed by atoms with E-state index in [1.807, 2.05) is 18.4 Å². The molecule has 14 heteroatoms. The summed E-state index contributed by atoms with van der Waals surface area (Å²) >= 11 is 1.48. The molecule has 0 radical (unpaired) electrons. The molecule has 0 fully saturated rings. The maximum Gasteiger partial charge on any atom is 0.344 e. The molecular weight excluding hydrogens is 735 g/mol. The van der Waals surface area contributed by atoms with Crippen molar-refractivity contribution >= 4 is 51.0 Å². The van der Waals surface area contributed by atoms with Gasteiger partial charge in [-0.1, -0.05) is 55.2 Å². The zero-order valence-electron chi connectivity index (χ0n) is 35.0. The fourth-order valence-corrected chi connectivity index (χ4v) is 9.37. The second kappa shape index (κ2) is 17.5. The minimum atomic E-state index is 0.0487. The average Bonchev–Trinajstić information content (AvgIpc) is 3.77. The third-order valence-corrected chi connectivity index (χ3v) is 13.0. The molecule has 302 valence electrons. The Hall–Kier alpha value is -4.58. The van der Waals surface area contributed by atoms with Gasteiger partial charge in [-0.2, -0.15) is 0 Å². The van der Waals surface area contributed by atoms with Crippen molar-refractivity contribution in [1.82, 2.24) is 19.7 Å². The first-order chi connectivity index (χ1) is 27.6. The molecule has 0 aliphatic carbocycles. The number of benzene rings is 2. The molecule has 8 rings (SSSR count). The fraction of sp³-hybridized carbons (Fsp3) is 0.581. The largest absolute Gasteiger partial charge is 0.371 e. The summed E-state index contributed by atoms with van der Waals surface area (Å²) in [5.74, 6) is 0.730. The van der Waals surface area contributed by atoms with Crippen molar-refractivity contribution in [1.29, 1.82) is 0 Å². The zero-order chi connectivity index (χ0) is 40.3. The lowest BCUT2D eigenvalue weighted by molar-refractivity contribution is -0.301. The van der Waals surface area contributed by atoms with E-state index in [9.17, 15) is 0 Å². The van der Waals surface area contributed by atoms with E-state index in [4.69, 9.17) is 21.5 Å². The third-order valence-electron chi connectivity index (χ3n) is 12.3. The number of imidazole rings is 1. The van der Waals surface area contributed by atoms with E-state index < -0.39 is 0 Å². The van der Waals surface area contributed by atoms with Crippen LogP contribution < -0.4 is 9.80 Å². The summed E-state index contributed by atoms with van der Waals surface area (Å²) in [5, 5.41) is 27.7. The van der Waals surface area contributed by atoms with Crippen molar-refractivity contribution in [3.05, 3.63) is 67.6 Å². The van der Waals surface area contributed by atoms with Crippen LogP contribution in [0.25, 0.3) is 4.85 Å². The minimum Gasteiger partial charge on any atom is -0.371 e. The number of unbranched alkanes of at least 4 members (excludes halogenated alkanes) is 1. The molecule has 1 unspecified atom stereocenters. The van der Waals surface area contributed by atoms with Gasteiger partial charge in [-0.3, -0.25) is 4.57 Å². The number of hydrogen-bond acceptors (Lipinski definition) is 12. The summed E-state index contributed by atoms with van der Waals surface area (Å²) < 4.78 is 1.94. The topological polar surface area (TPSA) is 122 Å². The number of azo groups is 2. The SMILES string of the molecule is Cc1nnc(N=Nc2cc3c4c(c2C)CCCCN4CCC3)s1.[C-]#[N+]c1nc(N=Nc2cc3c4c(c2C)CCCN4C(C)C3(C)C)n(CCCC)c1COOCC. The van der Waals surface area contributed by atoms with Crippen molar-refractivity contribution in [2.24, 2.45) is 20.5 Å². The quantitative estimate of drug-likeness (QED) is 0.0487. The zero-order valence-corrected chi connectivity index (χ0v) is 35.8. The molecule has 6 heterocycles. The van der Waals surface area contributed by atoms with Gasteiger partial charge in [0.25, 0.3) is 10.9 Å². The minimum absolute atomic E-state index is 0.0487. The summed E-state index contributed by atoms with van der Waals surface area (Å²) in [6.45, 7) is 29.6. The van der Waals surface area contributed by atoms with Crippen molar-refractivity contribution in [2.45, 2.75) is 138 Å². The Balaban J connectivity index is 0.000000187. The van der Waals surface area contributed by atoms with Gasteiger partial charge in [0.05, 0.1) is 23.7 Å². The molecule has 0 N–H and O–H groups in total. The number of nitrogens with zero attached hydrogens (tertiary/aromatic N) is 11. The molecule has 4 aliphatic rings. The van der Waals surface area contributed by atoms with Gasteiger partial charge in [-0.25, -0.2) is 9.78 Å². The van der Waals surface area contributed by atoms with E-state index in [0.29, 0.717) is 36.0 Å². The molecule has 4 aromatic rings. The summed E-state index contributed by atoms with van der Waals surface area (Å²) in [5.41, 5.74) is 13.7. The summed E-state index contributed by atoms with van der Waals surface area (Å²) in [7, 11) is 0. The van der Waals surface area contributed by atoms with Crippen molar-refractivity contribution in [3.8, 4) is 0 Å². The smallest absolute Gasteiger partial charge is 0.344 e. The highest BCUT2D eigenvalue weighted by Gasteiger charge is 2.45. The van der Waals surface area contributed by atoms with Gasteiger partial charge < -0.3 is 14.6 Å². The average molecular weight is 792 g/mol. The van der Waals surface area contributed by atoms with Gasteiger partial charge >= 0.3 is 5.95 Å². The van der Waals surface area contributed by atoms with Crippen LogP contribution in [-0.4, -0.2) is 52.0 Å². The van der Waals surface area contributed by atoms with Crippen LogP contribution in [0.15, 0.2) is 32.6 Å². The second-order valence-corrected chi connectivity index (χ2v) is 17.3. The van der Waals surface area contributed by atoms with Crippen LogP contribution in [0.2, 0.25) is 0 Å². The monoisotopic (exact) mass is 791 g/mol. The molecule has 0 saturated heterocycles. The van der Waals surface area contributed by atoms with Gasteiger partial charge in [0.2, 0.25) is 0 Å². The van der Waals surface area contributed by atoms with Gasteiger partial charge in [0.15, 0.2) is 0 Å². The van der Waals surface area contributed by atoms with Crippen molar-refractivity contribution < 1.29 is 9.78 Å². The second-order valence-electron chi connectivity index (χ2n) is 16.1. The van der Waals surface area contributed by atoms with Crippen LogP contribution in [0.3, 0.4) is 0 Å². The molecule has 13 nitrogen and oxygen atoms in total. The lowest BCUT2D eigenvalue weighted by Gasteiger charge is -2.34. The molecule has 0 saturated carbocycles. The Bertz CT molecular complexity index is 2200. The normalized spacial score (nSPS) is 18.1. The standard InChI is InChI=1S/C26H36N6O2.C17H21N5S/c1-8-10-13-32-22(16-34-33-9-2)24(27-7)28-25(32)30-29-21-15-20-23-19(17(21)3)12-11-14-31(23)18(4)26(20,5)6;1-11-14-7-3-4-8-22-9-5-6-13(16(14)22)10-15(11)19-21-17-20-18-12(2)23-17/h15,18H,8-14,16H2,1-6H3;10H,3-9H2,1-2H3.